The zero-order valence-corrected chi connectivity index (χ0v) is 18.1. The molecule has 0 amide bonds. The minimum atomic E-state index is -1.38. The zero-order chi connectivity index (χ0) is 18.8. The summed E-state index contributed by atoms with van der Waals surface area (Å²) < 4.78 is 30.5. The second-order valence-corrected chi connectivity index (χ2v) is 11.7. The molecule has 0 saturated heterocycles. The summed E-state index contributed by atoms with van der Waals surface area (Å²) in [7, 11) is -1.38. The Morgan fingerprint density at radius 2 is 1.88 bits per heavy atom. The fourth-order valence-electron chi connectivity index (χ4n) is 1.79. The molecule has 134 valence electrons. The van der Waals surface area contributed by atoms with E-state index in [1.165, 1.54) is 17.8 Å². The topological polar surface area (TPSA) is 33.5 Å². The SMILES string of the molecule is [C-]#[N+]C(C)(C)SC[C@](C)(N[S@](=O)C(C)(C)C)c1cc(Br)ccc1F. The summed E-state index contributed by atoms with van der Waals surface area (Å²) in [6.07, 6.45) is 0. The first-order valence-corrected chi connectivity index (χ1v) is 10.4. The Kier molecular flexibility index (Phi) is 7.08. The summed E-state index contributed by atoms with van der Waals surface area (Å²) in [5.74, 6) is 0.0535. The normalized spacial score (nSPS) is 16.3. The molecule has 0 aliphatic heterocycles. The molecule has 1 aromatic rings. The molecule has 0 aliphatic carbocycles. The first kappa shape index (κ1) is 21.6. The van der Waals surface area contributed by atoms with Crippen LogP contribution in [0, 0.1) is 12.4 Å². The van der Waals surface area contributed by atoms with Crippen molar-refractivity contribution in [2.75, 3.05) is 5.75 Å². The molecular weight excluding hydrogens is 411 g/mol. The molecule has 1 rings (SSSR count). The van der Waals surface area contributed by atoms with Crippen LogP contribution < -0.4 is 4.72 Å². The van der Waals surface area contributed by atoms with Crippen molar-refractivity contribution in [1.82, 2.24) is 4.72 Å². The minimum Gasteiger partial charge on any atom is -0.299 e. The number of rotatable bonds is 6. The third-order valence-corrected chi connectivity index (χ3v) is 7.14. The molecule has 0 fully saturated rings. The number of nitrogens with zero attached hydrogens (tertiary/aromatic N) is 1. The van der Waals surface area contributed by atoms with Gasteiger partial charge in [0, 0.05) is 29.6 Å². The van der Waals surface area contributed by atoms with E-state index < -0.39 is 26.1 Å². The van der Waals surface area contributed by atoms with Crippen molar-refractivity contribution in [3.05, 3.63) is 45.5 Å². The highest BCUT2D eigenvalue weighted by Gasteiger charge is 2.38. The molecule has 1 aromatic carbocycles. The maximum Gasteiger partial charge on any atom is 0.272 e. The van der Waals surface area contributed by atoms with E-state index in [1.54, 1.807) is 12.1 Å². The van der Waals surface area contributed by atoms with Crippen LogP contribution in [0.5, 0.6) is 0 Å². The highest BCUT2D eigenvalue weighted by atomic mass is 79.9. The molecule has 0 aromatic heterocycles. The van der Waals surface area contributed by atoms with E-state index in [0.29, 0.717) is 11.3 Å². The summed E-state index contributed by atoms with van der Waals surface area (Å²) in [6, 6.07) is 4.73. The molecule has 3 nitrogen and oxygen atoms in total. The third kappa shape index (κ3) is 5.83. The van der Waals surface area contributed by atoms with Crippen LogP contribution in [0.3, 0.4) is 0 Å². The monoisotopic (exact) mass is 434 g/mol. The Morgan fingerprint density at radius 3 is 2.38 bits per heavy atom. The number of halogens is 2. The summed E-state index contributed by atoms with van der Waals surface area (Å²) >= 11 is 4.79. The summed E-state index contributed by atoms with van der Waals surface area (Å²) in [4.78, 5) is 2.96. The quantitative estimate of drug-likeness (QED) is 0.620. The van der Waals surface area contributed by atoms with Crippen LogP contribution in [0.2, 0.25) is 0 Å². The van der Waals surface area contributed by atoms with Gasteiger partial charge in [0.1, 0.15) is 5.82 Å². The Morgan fingerprint density at radius 1 is 1.29 bits per heavy atom. The second-order valence-electron chi connectivity index (χ2n) is 7.29. The molecule has 7 heteroatoms. The van der Waals surface area contributed by atoms with E-state index in [9.17, 15) is 8.60 Å². The lowest BCUT2D eigenvalue weighted by molar-refractivity contribution is 0.462. The molecule has 2 atom stereocenters. The van der Waals surface area contributed by atoms with Crippen LogP contribution in [0.15, 0.2) is 22.7 Å². The number of hydrogen-bond donors (Lipinski definition) is 1. The van der Waals surface area contributed by atoms with Gasteiger partial charge in [0.2, 0.25) is 0 Å². The van der Waals surface area contributed by atoms with Gasteiger partial charge in [-0.25, -0.2) is 19.9 Å². The average Bonchev–Trinajstić information content (AvgIpc) is 2.47. The Balaban J connectivity index is 3.28. The molecule has 0 saturated carbocycles. The van der Waals surface area contributed by atoms with Crippen LogP contribution in [0.25, 0.3) is 4.85 Å². The van der Waals surface area contributed by atoms with Gasteiger partial charge in [0.05, 0.1) is 21.3 Å². The largest absolute Gasteiger partial charge is 0.299 e. The Hall–Kier alpha value is -0.420. The fourth-order valence-corrected chi connectivity index (χ4v) is 4.08. The fraction of sp³-hybridized carbons (Fsp3) is 0.588. The van der Waals surface area contributed by atoms with Crippen molar-refractivity contribution in [2.45, 2.75) is 56.7 Å². The van der Waals surface area contributed by atoms with E-state index in [-0.39, 0.29) is 5.82 Å². The number of thioether (sulfide) groups is 1. The maximum absolute atomic E-state index is 14.5. The van der Waals surface area contributed by atoms with Crippen LogP contribution >= 0.6 is 27.7 Å². The zero-order valence-electron chi connectivity index (χ0n) is 14.9. The van der Waals surface area contributed by atoms with Gasteiger partial charge in [-0.3, -0.25) is 4.85 Å². The lowest BCUT2D eigenvalue weighted by Crippen LogP contribution is -2.48. The first-order valence-electron chi connectivity index (χ1n) is 7.48. The number of hydrogen-bond acceptors (Lipinski definition) is 2. The first-order chi connectivity index (χ1) is 10.8. The van der Waals surface area contributed by atoms with E-state index in [2.05, 4.69) is 25.5 Å². The van der Waals surface area contributed by atoms with Crippen molar-refractivity contribution in [3.63, 3.8) is 0 Å². The van der Waals surface area contributed by atoms with Crippen molar-refractivity contribution in [3.8, 4) is 0 Å². The highest BCUT2D eigenvalue weighted by Crippen LogP contribution is 2.36. The summed E-state index contributed by atoms with van der Waals surface area (Å²) in [6.45, 7) is 18.3. The smallest absolute Gasteiger partial charge is 0.272 e. The van der Waals surface area contributed by atoms with Gasteiger partial charge >= 0.3 is 0 Å². The summed E-state index contributed by atoms with van der Waals surface area (Å²) in [5, 5.41) is 0. The maximum atomic E-state index is 14.5. The second kappa shape index (κ2) is 7.86. The Labute approximate surface area is 159 Å². The lowest BCUT2D eigenvalue weighted by Gasteiger charge is -2.34. The van der Waals surface area contributed by atoms with Crippen molar-refractivity contribution in [1.29, 1.82) is 0 Å². The number of benzene rings is 1. The average molecular weight is 435 g/mol. The molecular formula is C17H24BrFN2OS2. The van der Waals surface area contributed by atoms with E-state index in [4.69, 9.17) is 6.57 Å². The van der Waals surface area contributed by atoms with Crippen LogP contribution in [-0.2, 0) is 16.5 Å². The minimum absolute atomic E-state index is 0.361. The van der Waals surface area contributed by atoms with Crippen molar-refractivity contribution >= 4 is 38.7 Å². The Bertz CT molecular complexity index is 668. The summed E-state index contributed by atoms with van der Waals surface area (Å²) in [5.41, 5.74) is -0.443. The van der Waals surface area contributed by atoms with Crippen molar-refractivity contribution in [2.24, 2.45) is 0 Å². The van der Waals surface area contributed by atoms with Gasteiger partial charge in [0.15, 0.2) is 0 Å². The molecule has 0 unspecified atom stereocenters. The molecule has 0 heterocycles. The van der Waals surface area contributed by atoms with Gasteiger partial charge < -0.3 is 0 Å². The van der Waals surface area contributed by atoms with E-state index in [0.717, 1.165) is 4.47 Å². The van der Waals surface area contributed by atoms with Crippen LogP contribution in [0.1, 0.15) is 47.1 Å². The molecule has 1 N–H and O–H groups in total. The van der Waals surface area contributed by atoms with Gasteiger partial charge in [-0.1, -0.05) is 27.7 Å². The third-order valence-electron chi connectivity index (χ3n) is 3.38. The van der Waals surface area contributed by atoms with E-state index in [1.807, 2.05) is 41.5 Å². The molecule has 24 heavy (non-hydrogen) atoms. The van der Waals surface area contributed by atoms with Crippen LogP contribution in [-0.4, -0.2) is 19.6 Å². The van der Waals surface area contributed by atoms with Crippen LogP contribution in [0.4, 0.5) is 4.39 Å². The van der Waals surface area contributed by atoms with Gasteiger partial charge in [0.25, 0.3) is 4.87 Å². The van der Waals surface area contributed by atoms with Gasteiger partial charge in [-0.15, -0.1) is 0 Å². The molecule has 0 radical (unpaired) electrons. The van der Waals surface area contributed by atoms with E-state index >= 15 is 0 Å². The molecule has 0 aliphatic rings. The standard InChI is InChI=1S/C17H24BrFN2OS2/c1-15(2,3)24(22)21-17(6,11-23-16(4,5)20-7)13-10-12(18)8-9-14(13)19/h8-10,21H,11H2,1-6H3/t17-,24+/m0/s1. The van der Waals surface area contributed by atoms with Gasteiger partial charge in [-0.2, -0.15) is 0 Å². The molecule has 0 spiro atoms. The number of nitrogens with one attached hydrogen (secondary N) is 1. The lowest BCUT2D eigenvalue weighted by atomic mass is 9.95. The van der Waals surface area contributed by atoms with Gasteiger partial charge in [-0.05, 0) is 45.9 Å². The van der Waals surface area contributed by atoms with Crippen molar-refractivity contribution < 1.29 is 8.60 Å². The molecule has 0 bridgehead atoms. The predicted octanol–water partition coefficient (Wildman–Crippen LogP) is 5.24. The predicted molar refractivity (Wildman–Crippen MR) is 106 cm³/mol. The highest BCUT2D eigenvalue weighted by molar-refractivity contribution is 9.10.